The van der Waals surface area contributed by atoms with Crippen molar-refractivity contribution in [2.45, 2.75) is 4.90 Å². The predicted octanol–water partition coefficient (Wildman–Crippen LogP) is 1.69. The lowest BCUT2D eigenvalue weighted by molar-refractivity contribution is 0.597. The molecule has 0 aliphatic carbocycles. The Hall–Kier alpha value is -2.15. The van der Waals surface area contributed by atoms with E-state index in [1.54, 1.807) is 12.3 Å². The predicted molar refractivity (Wildman–Crippen MR) is 98.9 cm³/mol. The van der Waals surface area contributed by atoms with Crippen LogP contribution in [0.3, 0.4) is 0 Å². The Balaban J connectivity index is 1.77. The monoisotopic (exact) mass is 421 g/mol. The summed E-state index contributed by atoms with van der Waals surface area (Å²) < 4.78 is 23.8. The number of nitrogens with two attached hydrogens (primary N) is 1. The Morgan fingerprint density at radius 3 is 2.36 bits per heavy atom. The van der Waals surface area contributed by atoms with Gasteiger partial charge in [-0.3, -0.25) is 0 Å². The van der Waals surface area contributed by atoms with Gasteiger partial charge in [0.1, 0.15) is 11.9 Å². The number of nitriles is 1. The van der Waals surface area contributed by atoms with Crippen LogP contribution in [0.15, 0.2) is 45.9 Å². The zero-order chi connectivity index (χ0) is 18.0. The van der Waals surface area contributed by atoms with Gasteiger partial charge in [0, 0.05) is 36.8 Å². The van der Waals surface area contributed by atoms with E-state index >= 15 is 0 Å². The van der Waals surface area contributed by atoms with Crippen molar-refractivity contribution < 1.29 is 8.42 Å². The molecule has 0 bridgehead atoms. The van der Waals surface area contributed by atoms with Crippen molar-refractivity contribution in [1.82, 2.24) is 4.98 Å². The van der Waals surface area contributed by atoms with Crippen molar-refractivity contribution in [2.75, 3.05) is 36.0 Å². The highest BCUT2D eigenvalue weighted by Gasteiger charge is 2.21. The number of piperazine rings is 1. The normalized spacial score (nSPS) is 15.1. The van der Waals surface area contributed by atoms with Crippen molar-refractivity contribution in [3.8, 4) is 6.07 Å². The van der Waals surface area contributed by atoms with Crippen LogP contribution in [-0.2, 0) is 10.0 Å². The van der Waals surface area contributed by atoms with E-state index in [-0.39, 0.29) is 4.90 Å². The first-order valence-corrected chi connectivity index (χ1v) is 9.91. The van der Waals surface area contributed by atoms with Crippen LogP contribution in [-0.4, -0.2) is 39.6 Å². The summed E-state index contributed by atoms with van der Waals surface area (Å²) in [5, 5.41) is 14.5. The summed E-state index contributed by atoms with van der Waals surface area (Å²) in [5.74, 6) is 0.910. The Morgan fingerprint density at radius 1 is 1.12 bits per heavy atom. The summed E-state index contributed by atoms with van der Waals surface area (Å²) in [7, 11) is -3.82. The lowest BCUT2D eigenvalue weighted by atomic mass is 10.1. The number of hydrogen-bond acceptors (Lipinski definition) is 6. The van der Waals surface area contributed by atoms with Gasteiger partial charge in [0.15, 0.2) is 0 Å². The molecule has 2 N–H and O–H groups in total. The summed E-state index contributed by atoms with van der Waals surface area (Å²) in [6.07, 6.45) is 1.77. The molecule has 0 amide bonds. The number of rotatable bonds is 3. The number of hydrogen-bond donors (Lipinski definition) is 1. The van der Waals surface area contributed by atoms with Crippen LogP contribution in [0.5, 0.6) is 0 Å². The number of aromatic nitrogens is 1. The molecular formula is C16H16BrN5O2S. The van der Waals surface area contributed by atoms with Gasteiger partial charge in [0.05, 0.1) is 16.1 Å². The maximum Gasteiger partial charge on any atom is 0.238 e. The first-order chi connectivity index (χ1) is 11.9. The summed E-state index contributed by atoms with van der Waals surface area (Å²) in [6.45, 7) is 2.94. The first kappa shape index (κ1) is 17.7. The third kappa shape index (κ3) is 3.92. The van der Waals surface area contributed by atoms with Gasteiger partial charge in [0.25, 0.3) is 0 Å². The first-order valence-electron chi connectivity index (χ1n) is 7.57. The van der Waals surface area contributed by atoms with E-state index in [9.17, 15) is 13.7 Å². The molecule has 25 heavy (non-hydrogen) atoms. The number of nitrogens with zero attached hydrogens (tertiary/aromatic N) is 4. The Morgan fingerprint density at radius 2 is 1.80 bits per heavy atom. The van der Waals surface area contributed by atoms with Gasteiger partial charge in [-0.05, 0) is 46.3 Å². The summed E-state index contributed by atoms with van der Waals surface area (Å²) >= 11 is 3.37. The third-order valence-corrected chi connectivity index (χ3v) is 5.45. The summed E-state index contributed by atoms with van der Waals surface area (Å²) in [6, 6.07) is 10.4. The van der Waals surface area contributed by atoms with E-state index in [4.69, 9.17) is 5.14 Å². The second-order valence-corrected chi connectivity index (χ2v) is 8.12. The van der Waals surface area contributed by atoms with Gasteiger partial charge >= 0.3 is 0 Å². The van der Waals surface area contributed by atoms with Crippen molar-refractivity contribution in [1.29, 1.82) is 5.26 Å². The van der Waals surface area contributed by atoms with Crippen molar-refractivity contribution in [3.63, 3.8) is 0 Å². The van der Waals surface area contributed by atoms with Crippen molar-refractivity contribution in [2.24, 2.45) is 5.14 Å². The maximum atomic E-state index is 11.5. The molecule has 0 radical (unpaired) electrons. The van der Waals surface area contributed by atoms with Crippen LogP contribution < -0.4 is 14.9 Å². The summed E-state index contributed by atoms with van der Waals surface area (Å²) in [4.78, 5) is 8.59. The molecule has 1 aliphatic heterocycles. The minimum atomic E-state index is -3.82. The Kier molecular flexibility index (Phi) is 4.94. The molecular weight excluding hydrogens is 406 g/mol. The van der Waals surface area contributed by atoms with Crippen LogP contribution >= 0.6 is 15.9 Å². The van der Waals surface area contributed by atoms with Crippen LogP contribution in [0, 0.1) is 11.3 Å². The molecule has 0 unspecified atom stereocenters. The van der Waals surface area contributed by atoms with E-state index in [0.717, 1.165) is 29.1 Å². The molecule has 0 atom stereocenters. The van der Waals surface area contributed by atoms with Gasteiger partial charge in [-0.1, -0.05) is 0 Å². The molecule has 2 heterocycles. The zero-order valence-electron chi connectivity index (χ0n) is 13.3. The van der Waals surface area contributed by atoms with Crippen LogP contribution in [0.1, 0.15) is 5.56 Å². The molecule has 7 nitrogen and oxygen atoms in total. The minimum Gasteiger partial charge on any atom is -0.367 e. The molecule has 1 aromatic carbocycles. The molecule has 130 valence electrons. The Bertz CT molecular complexity index is 917. The zero-order valence-corrected chi connectivity index (χ0v) is 15.7. The number of primary sulfonamides is 1. The van der Waals surface area contributed by atoms with Gasteiger partial charge < -0.3 is 9.80 Å². The quantitative estimate of drug-likeness (QED) is 0.808. The second-order valence-electron chi connectivity index (χ2n) is 5.64. The number of pyridine rings is 1. The topological polar surface area (TPSA) is 103 Å². The number of benzene rings is 1. The average Bonchev–Trinajstić information content (AvgIpc) is 2.61. The largest absolute Gasteiger partial charge is 0.367 e. The number of sulfonamides is 1. The lowest BCUT2D eigenvalue weighted by Crippen LogP contribution is -2.47. The molecule has 2 aromatic rings. The smallest absolute Gasteiger partial charge is 0.238 e. The van der Waals surface area contributed by atoms with Gasteiger partial charge in [0.2, 0.25) is 10.0 Å². The van der Waals surface area contributed by atoms with Crippen molar-refractivity contribution in [3.05, 3.63) is 46.6 Å². The highest BCUT2D eigenvalue weighted by molar-refractivity contribution is 9.10. The average molecular weight is 422 g/mol. The Labute approximate surface area is 154 Å². The molecule has 1 fully saturated rings. The molecule has 3 rings (SSSR count). The fourth-order valence-electron chi connectivity index (χ4n) is 2.79. The SMILES string of the molecule is N#Cc1cc(S(N)(=O)=O)ccc1N1CCN(c2ccc(Br)cn2)CC1. The highest BCUT2D eigenvalue weighted by atomic mass is 79.9. The molecule has 1 saturated heterocycles. The van der Waals surface area contributed by atoms with E-state index < -0.39 is 10.0 Å². The van der Waals surface area contributed by atoms with Gasteiger partial charge in [-0.15, -0.1) is 0 Å². The number of anilines is 2. The van der Waals surface area contributed by atoms with Crippen molar-refractivity contribution >= 4 is 37.5 Å². The van der Waals surface area contributed by atoms with E-state index in [1.165, 1.54) is 12.1 Å². The van der Waals surface area contributed by atoms with E-state index in [2.05, 4.69) is 36.8 Å². The molecule has 0 spiro atoms. The van der Waals surface area contributed by atoms with Gasteiger partial charge in [-0.2, -0.15) is 5.26 Å². The standard InChI is InChI=1S/C16H16BrN5O2S/c17-13-1-4-16(20-11-13)22-7-5-21(6-8-22)15-3-2-14(25(19,23)24)9-12(15)10-18/h1-4,9,11H,5-8H2,(H2,19,23,24). The second kappa shape index (κ2) is 7.00. The van der Waals surface area contributed by atoms with Crippen LogP contribution in [0.4, 0.5) is 11.5 Å². The van der Waals surface area contributed by atoms with E-state index in [1.807, 2.05) is 12.1 Å². The van der Waals surface area contributed by atoms with Crippen LogP contribution in [0.25, 0.3) is 0 Å². The molecule has 9 heteroatoms. The molecule has 1 aromatic heterocycles. The van der Waals surface area contributed by atoms with Crippen LogP contribution in [0.2, 0.25) is 0 Å². The minimum absolute atomic E-state index is 0.0505. The maximum absolute atomic E-state index is 11.5. The fourth-order valence-corrected chi connectivity index (χ4v) is 3.56. The molecule has 1 aliphatic rings. The summed E-state index contributed by atoms with van der Waals surface area (Å²) in [5.41, 5.74) is 1.03. The highest BCUT2D eigenvalue weighted by Crippen LogP contribution is 2.25. The lowest BCUT2D eigenvalue weighted by Gasteiger charge is -2.37. The van der Waals surface area contributed by atoms with E-state index in [0.29, 0.717) is 18.7 Å². The van der Waals surface area contributed by atoms with Gasteiger partial charge in [-0.25, -0.2) is 18.5 Å². The third-order valence-electron chi connectivity index (χ3n) is 4.07. The number of halogens is 1. The fraction of sp³-hybridized carbons (Fsp3) is 0.250. The molecule has 0 saturated carbocycles.